The van der Waals surface area contributed by atoms with E-state index in [-0.39, 0.29) is 54.7 Å². The summed E-state index contributed by atoms with van der Waals surface area (Å²) in [4.78, 5) is 66.0. The molecule has 0 aromatic rings. The number of amides is 2. The summed E-state index contributed by atoms with van der Waals surface area (Å²) in [7, 11) is 1.44. The number of carbonyl (C=O) groups excluding carboxylic acids is 5. The number of nitrogens with one attached hydrogen (secondary N) is 2. The fourth-order valence-electron chi connectivity index (χ4n) is 5.11. The van der Waals surface area contributed by atoms with Crippen LogP contribution < -0.4 is 29.5 Å². The first-order chi connectivity index (χ1) is 24.7. The van der Waals surface area contributed by atoms with Crippen molar-refractivity contribution in [3.63, 3.8) is 0 Å². The van der Waals surface area contributed by atoms with Crippen molar-refractivity contribution in [2.75, 3.05) is 20.2 Å². The van der Waals surface area contributed by atoms with Crippen molar-refractivity contribution in [3.8, 4) is 0 Å². The summed E-state index contributed by atoms with van der Waals surface area (Å²) in [5.41, 5.74) is 0. The van der Waals surface area contributed by atoms with Crippen molar-refractivity contribution in [1.29, 1.82) is 0 Å². The van der Waals surface area contributed by atoms with Crippen molar-refractivity contribution in [1.82, 2.24) is 10.6 Å². The molecule has 11 nitrogen and oxygen atoms in total. The fraction of sp³-hybridized carbons (Fsp3) is 0.756. The summed E-state index contributed by atoms with van der Waals surface area (Å²) in [5.74, 6) is -2.39. The van der Waals surface area contributed by atoms with Crippen LogP contribution in [0.15, 0.2) is 24.3 Å². The van der Waals surface area contributed by atoms with E-state index in [2.05, 4.69) is 39.7 Å². The standard InChI is InChI=1S/C21H37NO4.C20H35NO4.Li.H2O/c1-3-19(23)21(25)22-18-16-14-12-10-8-6-4-5-7-9-11-13-15-17-20(24)26-2;1-2-18(22)20(25)21-17-15-13-11-9-7-5-3-4-6-8-10-12-14-16-19(23)24;;/h8,10H,3-7,9,11-18H2,1-2H3,(H,22,25);7,9H,2-6,8,10-17H2,1H3,(H,21,25)(H,23,24);;1H2/q;;+1;/p-1/b10-8-;9-7-;;. The number of unbranched alkanes of at least 4 members (excludes halogenated alkanes) is 18. The molecule has 0 saturated heterocycles. The first-order valence-corrected chi connectivity index (χ1v) is 19.9. The molecule has 0 rings (SSSR count). The molecule has 0 bridgehead atoms. The van der Waals surface area contributed by atoms with Crippen LogP contribution in [0.2, 0.25) is 0 Å². The SMILES string of the molecule is CCC(=O)C(=O)NCCCC/C=C\CCCCCCCCCC(=O)O.CCC(=O)C(=O)NCCCC/C=C\CCCCCCCCCC(=O)OC.[Li+].[OH-]. The molecule has 53 heavy (non-hydrogen) atoms. The summed E-state index contributed by atoms with van der Waals surface area (Å²) < 4.78 is 4.62. The first kappa shape index (κ1) is 57.0. The van der Waals surface area contributed by atoms with E-state index >= 15 is 0 Å². The van der Waals surface area contributed by atoms with E-state index in [1.165, 1.54) is 64.9 Å². The van der Waals surface area contributed by atoms with Crippen LogP contribution in [0.5, 0.6) is 0 Å². The van der Waals surface area contributed by atoms with Gasteiger partial charge in [-0.1, -0.05) is 102 Å². The van der Waals surface area contributed by atoms with E-state index in [1.54, 1.807) is 13.8 Å². The topological polar surface area (TPSA) is 186 Å². The smallest absolute Gasteiger partial charge is 0.870 e. The molecule has 0 fully saturated rings. The van der Waals surface area contributed by atoms with E-state index < -0.39 is 17.8 Å². The van der Waals surface area contributed by atoms with Crippen molar-refractivity contribution >= 4 is 35.3 Å². The van der Waals surface area contributed by atoms with Gasteiger partial charge in [0.2, 0.25) is 11.6 Å². The molecule has 12 heteroatoms. The van der Waals surface area contributed by atoms with Crippen molar-refractivity contribution in [2.45, 2.75) is 181 Å². The van der Waals surface area contributed by atoms with Gasteiger partial charge in [0.1, 0.15) is 0 Å². The van der Waals surface area contributed by atoms with Gasteiger partial charge >= 0.3 is 30.8 Å². The third-order valence-electron chi connectivity index (χ3n) is 8.39. The number of carboxylic acids is 1. The Bertz CT molecular complexity index is 986. The van der Waals surface area contributed by atoms with E-state index in [0.29, 0.717) is 25.9 Å². The van der Waals surface area contributed by atoms with Gasteiger partial charge in [-0.2, -0.15) is 0 Å². The van der Waals surface area contributed by atoms with Crippen LogP contribution in [0.3, 0.4) is 0 Å². The molecule has 0 aromatic heterocycles. The Morgan fingerprint density at radius 2 is 0.792 bits per heavy atom. The first-order valence-electron chi connectivity index (χ1n) is 19.9. The number of carbonyl (C=O) groups is 6. The quantitative estimate of drug-likeness (QED) is 0.0244. The van der Waals surface area contributed by atoms with Gasteiger partial charge in [-0.15, -0.1) is 0 Å². The van der Waals surface area contributed by atoms with Crippen LogP contribution in [0.4, 0.5) is 0 Å². The number of aliphatic carboxylic acids is 1. The van der Waals surface area contributed by atoms with Gasteiger partial charge in [-0.3, -0.25) is 28.8 Å². The summed E-state index contributed by atoms with van der Waals surface area (Å²) in [6.07, 6.45) is 34.5. The van der Waals surface area contributed by atoms with Crippen molar-refractivity contribution in [2.24, 2.45) is 0 Å². The Labute approximate surface area is 333 Å². The minimum atomic E-state index is -0.692. The molecule has 0 saturated carbocycles. The number of ketones is 2. The number of hydrogen-bond acceptors (Lipinski definition) is 8. The number of ether oxygens (including phenoxy) is 1. The molecule has 0 radical (unpaired) electrons. The minimum Gasteiger partial charge on any atom is -0.870 e. The number of hydrogen-bond donors (Lipinski definition) is 3. The second kappa shape index (κ2) is 45.4. The molecule has 0 unspecified atom stereocenters. The van der Waals surface area contributed by atoms with Gasteiger partial charge in [0.25, 0.3) is 11.8 Å². The Morgan fingerprint density at radius 3 is 1.11 bits per heavy atom. The number of rotatable bonds is 34. The molecule has 0 aliphatic carbocycles. The predicted octanol–water partition coefficient (Wildman–Crippen LogP) is 5.72. The Kier molecular flexibility index (Phi) is 48.8. The van der Waals surface area contributed by atoms with Gasteiger partial charge < -0.3 is 26.0 Å². The Morgan fingerprint density at radius 1 is 0.491 bits per heavy atom. The maximum atomic E-state index is 11.3. The Balaban J connectivity index is -0.000000437. The van der Waals surface area contributed by atoms with E-state index in [0.717, 1.165) is 83.5 Å². The molecule has 302 valence electrons. The molecule has 4 N–H and O–H groups in total. The second-order valence-electron chi connectivity index (χ2n) is 13.0. The summed E-state index contributed by atoms with van der Waals surface area (Å²) in [6.45, 7) is 4.54. The molecule has 0 aromatic carbocycles. The van der Waals surface area contributed by atoms with Crippen LogP contribution >= 0.6 is 0 Å². The van der Waals surface area contributed by atoms with Gasteiger partial charge in [-0.05, 0) is 77.0 Å². The number of carboxylic acid groups (broad SMARTS) is 1. The van der Waals surface area contributed by atoms with Crippen LogP contribution in [-0.4, -0.2) is 66.1 Å². The molecule has 0 atom stereocenters. The number of esters is 1. The third kappa shape index (κ3) is 45.3. The average molecular weight is 745 g/mol. The van der Waals surface area contributed by atoms with Crippen LogP contribution in [-0.2, 0) is 33.5 Å². The largest absolute Gasteiger partial charge is 1.00 e. The van der Waals surface area contributed by atoms with Gasteiger partial charge in [-0.25, -0.2) is 0 Å². The van der Waals surface area contributed by atoms with Gasteiger partial charge in [0.15, 0.2) is 0 Å². The predicted molar refractivity (Wildman–Crippen MR) is 207 cm³/mol. The maximum absolute atomic E-state index is 11.3. The van der Waals surface area contributed by atoms with E-state index in [1.807, 2.05) is 0 Å². The molecule has 0 spiro atoms. The average Bonchev–Trinajstić information content (AvgIpc) is 3.13. The van der Waals surface area contributed by atoms with Crippen LogP contribution in [0.1, 0.15) is 181 Å². The molecular formula is C41H73LiN2O9. The number of allylic oxidation sites excluding steroid dienone is 4. The zero-order valence-corrected chi connectivity index (χ0v) is 33.9. The summed E-state index contributed by atoms with van der Waals surface area (Å²) in [5, 5.41) is 13.8. The third-order valence-corrected chi connectivity index (χ3v) is 8.39. The normalized spacial score (nSPS) is 10.5. The second-order valence-corrected chi connectivity index (χ2v) is 13.0. The fourth-order valence-corrected chi connectivity index (χ4v) is 5.11. The summed E-state index contributed by atoms with van der Waals surface area (Å²) >= 11 is 0. The molecule has 2 amide bonds. The van der Waals surface area contributed by atoms with Crippen LogP contribution in [0.25, 0.3) is 0 Å². The molecule has 0 aliphatic heterocycles. The molecular weight excluding hydrogens is 671 g/mol. The minimum absolute atomic E-state index is 0. The monoisotopic (exact) mass is 745 g/mol. The molecule has 0 heterocycles. The zero-order valence-electron chi connectivity index (χ0n) is 33.9. The molecule has 0 aliphatic rings. The van der Waals surface area contributed by atoms with Gasteiger partial charge in [0, 0.05) is 38.8 Å². The number of methoxy groups -OCH3 is 1. The summed E-state index contributed by atoms with van der Waals surface area (Å²) in [6, 6.07) is 0. The zero-order chi connectivity index (χ0) is 38.2. The van der Waals surface area contributed by atoms with Gasteiger partial charge in [0.05, 0.1) is 7.11 Å². The van der Waals surface area contributed by atoms with E-state index in [9.17, 15) is 28.8 Å². The maximum Gasteiger partial charge on any atom is 1.00 e. The number of Topliss-reactive ketones (excluding diaryl/α,β-unsaturated/α-hetero) is 2. The van der Waals surface area contributed by atoms with Crippen molar-refractivity contribution < 1.29 is 62.9 Å². The van der Waals surface area contributed by atoms with Crippen LogP contribution in [0, 0.1) is 0 Å². The van der Waals surface area contributed by atoms with Crippen molar-refractivity contribution in [3.05, 3.63) is 24.3 Å². The Hall–Kier alpha value is -2.74. The van der Waals surface area contributed by atoms with E-state index in [4.69, 9.17) is 5.11 Å².